The van der Waals surface area contributed by atoms with E-state index in [-0.39, 0.29) is 29.0 Å². The molecule has 1 aromatic heterocycles. The van der Waals surface area contributed by atoms with Crippen molar-refractivity contribution in [1.82, 2.24) is 15.2 Å². The number of H-pyrrole nitrogens is 1. The van der Waals surface area contributed by atoms with Crippen molar-refractivity contribution in [2.24, 2.45) is 0 Å². The Morgan fingerprint density at radius 3 is 2.45 bits per heavy atom. The van der Waals surface area contributed by atoms with Gasteiger partial charge in [0.1, 0.15) is 5.56 Å². The van der Waals surface area contributed by atoms with Crippen LogP contribution in [0.1, 0.15) is 36.8 Å². The van der Waals surface area contributed by atoms with Crippen LogP contribution in [0.15, 0.2) is 17.1 Å². The predicted molar refractivity (Wildman–Crippen MR) is 76.7 cm³/mol. The summed E-state index contributed by atoms with van der Waals surface area (Å²) in [4.78, 5) is 39.6. The molecule has 1 aromatic rings. The summed E-state index contributed by atoms with van der Waals surface area (Å²) in [5, 5.41) is 2.76. The maximum absolute atomic E-state index is 12.1. The number of carbonyl (C=O) groups is 2. The molecule has 110 valence electrons. The molecule has 0 aromatic carbocycles. The molecule has 0 atom stereocenters. The average molecular weight is 279 g/mol. The highest BCUT2D eigenvalue weighted by atomic mass is 16.2. The minimum atomic E-state index is -0.477. The van der Waals surface area contributed by atoms with Crippen molar-refractivity contribution in [1.29, 1.82) is 0 Å². The number of rotatable bonds is 3. The number of aryl methyl sites for hydroxylation is 1. The smallest absolute Gasteiger partial charge is 0.259 e. The molecule has 0 saturated carbocycles. The molecule has 0 aliphatic rings. The third-order valence-electron chi connectivity index (χ3n) is 2.53. The first-order valence-corrected chi connectivity index (χ1v) is 6.36. The minimum absolute atomic E-state index is 0.0293. The molecule has 0 aliphatic carbocycles. The Labute approximate surface area is 118 Å². The molecule has 1 rings (SSSR count). The lowest BCUT2D eigenvalue weighted by molar-refractivity contribution is -0.122. The highest BCUT2D eigenvalue weighted by Crippen LogP contribution is 2.01. The van der Waals surface area contributed by atoms with Gasteiger partial charge in [-0.25, -0.2) is 0 Å². The SMILES string of the molecule is Cc1cc(=O)c(C(=O)N(C)CC(=O)NC(C)(C)C)c[nH]1. The first-order valence-electron chi connectivity index (χ1n) is 6.36. The fraction of sp³-hybridized carbons (Fsp3) is 0.500. The van der Waals surface area contributed by atoms with Gasteiger partial charge in [-0.1, -0.05) is 0 Å². The Bertz CT molecular complexity index is 570. The van der Waals surface area contributed by atoms with Crippen LogP contribution < -0.4 is 10.7 Å². The van der Waals surface area contributed by atoms with Crippen LogP contribution in [-0.4, -0.2) is 40.8 Å². The van der Waals surface area contributed by atoms with Crippen molar-refractivity contribution >= 4 is 11.8 Å². The van der Waals surface area contributed by atoms with Gasteiger partial charge in [-0.3, -0.25) is 14.4 Å². The maximum Gasteiger partial charge on any atom is 0.259 e. The molecule has 0 unspecified atom stereocenters. The summed E-state index contributed by atoms with van der Waals surface area (Å²) in [6, 6.07) is 1.36. The Kier molecular flexibility index (Phi) is 4.70. The molecule has 2 amide bonds. The number of likely N-dealkylation sites (N-methyl/N-ethyl adjacent to an activating group) is 1. The molecule has 0 radical (unpaired) electrons. The third kappa shape index (κ3) is 4.53. The Morgan fingerprint density at radius 2 is 1.95 bits per heavy atom. The molecule has 0 saturated heterocycles. The van der Waals surface area contributed by atoms with Gasteiger partial charge in [0.05, 0.1) is 6.54 Å². The average Bonchev–Trinajstić information content (AvgIpc) is 2.25. The van der Waals surface area contributed by atoms with Gasteiger partial charge in [0.2, 0.25) is 5.91 Å². The van der Waals surface area contributed by atoms with Crippen LogP contribution in [0.5, 0.6) is 0 Å². The molecule has 2 N–H and O–H groups in total. The summed E-state index contributed by atoms with van der Waals surface area (Å²) >= 11 is 0. The van der Waals surface area contributed by atoms with E-state index in [1.165, 1.54) is 24.2 Å². The van der Waals surface area contributed by atoms with E-state index < -0.39 is 5.91 Å². The van der Waals surface area contributed by atoms with Gasteiger partial charge >= 0.3 is 0 Å². The molecule has 6 heteroatoms. The number of nitrogens with one attached hydrogen (secondary N) is 2. The van der Waals surface area contributed by atoms with E-state index in [2.05, 4.69) is 10.3 Å². The number of aromatic nitrogens is 1. The van der Waals surface area contributed by atoms with Gasteiger partial charge < -0.3 is 15.2 Å². The fourth-order valence-electron chi connectivity index (χ4n) is 1.69. The summed E-state index contributed by atoms with van der Waals surface area (Å²) in [6.45, 7) is 7.21. The molecule has 0 fully saturated rings. The summed E-state index contributed by atoms with van der Waals surface area (Å²) in [5.41, 5.74) is -0.00173. The van der Waals surface area contributed by atoms with Gasteiger partial charge in [-0.05, 0) is 27.7 Å². The number of hydrogen-bond acceptors (Lipinski definition) is 3. The van der Waals surface area contributed by atoms with Crippen LogP contribution in [0.3, 0.4) is 0 Å². The second-order valence-electron chi connectivity index (χ2n) is 5.85. The third-order valence-corrected chi connectivity index (χ3v) is 2.53. The van der Waals surface area contributed by atoms with Crippen molar-refractivity contribution in [3.05, 3.63) is 33.7 Å². The molecular weight excluding hydrogens is 258 g/mol. The van der Waals surface area contributed by atoms with Gasteiger partial charge in [0, 0.05) is 30.5 Å². The number of amides is 2. The Balaban J connectivity index is 2.77. The number of pyridine rings is 1. The van der Waals surface area contributed by atoms with Gasteiger partial charge in [-0.15, -0.1) is 0 Å². The highest BCUT2D eigenvalue weighted by Gasteiger charge is 2.20. The molecule has 0 bridgehead atoms. The number of nitrogens with zero attached hydrogens (tertiary/aromatic N) is 1. The number of hydrogen-bond donors (Lipinski definition) is 2. The number of carbonyl (C=O) groups excluding carboxylic acids is 2. The van der Waals surface area contributed by atoms with Gasteiger partial charge in [0.25, 0.3) is 5.91 Å². The number of aromatic amines is 1. The van der Waals surface area contributed by atoms with Crippen LogP contribution in [-0.2, 0) is 4.79 Å². The van der Waals surface area contributed by atoms with Crippen LogP contribution in [0, 0.1) is 6.92 Å². The van der Waals surface area contributed by atoms with E-state index in [9.17, 15) is 14.4 Å². The van der Waals surface area contributed by atoms with Crippen molar-refractivity contribution in [3.8, 4) is 0 Å². The van der Waals surface area contributed by atoms with E-state index in [4.69, 9.17) is 0 Å². The predicted octanol–water partition coefficient (Wildman–Crippen LogP) is 0.670. The summed E-state index contributed by atoms with van der Waals surface area (Å²) in [5.74, 6) is -0.743. The van der Waals surface area contributed by atoms with Gasteiger partial charge in [-0.2, -0.15) is 0 Å². The van der Waals surface area contributed by atoms with E-state index in [1.54, 1.807) is 6.92 Å². The fourth-order valence-corrected chi connectivity index (χ4v) is 1.69. The zero-order valence-electron chi connectivity index (χ0n) is 12.5. The summed E-state index contributed by atoms with van der Waals surface area (Å²) in [7, 11) is 1.49. The lowest BCUT2D eigenvalue weighted by atomic mass is 10.1. The Hall–Kier alpha value is -2.11. The minimum Gasteiger partial charge on any atom is -0.364 e. The van der Waals surface area contributed by atoms with E-state index >= 15 is 0 Å². The van der Waals surface area contributed by atoms with E-state index in [0.29, 0.717) is 5.69 Å². The highest BCUT2D eigenvalue weighted by molar-refractivity contribution is 5.96. The molecule has 0 aliphatic heterocycles. The largest absolute Gasteiger partial charge is 0.364 e. The topological polar surface area (TPSA) is 82.3 Å². The zero-order chi connectivity index (χ0) is 15.5. The summed E-state index contributed by atoms with van der Waals surface area (Å²) in [6.07, 6.45) is 1.37. The molecular formula is C14H21N3O3. The monoisotopic (exact) mass is 279 g/mol. The van der Waals surface area contributed by atoms with Crippen LogP contribution >= 0.6 is 0 Å². The van der Waals surface area contributed by atoms with Crippen molar-refractivity contribution in [2.75, 3.05) is 13.6 Å². The maximum atomic E-state index is 12.1. The normalized spacial score (nSPS) is 11.1. The second-order valence-corrected chi connectivity index (χ2v) is 5.85. The molecule has 1 heterocycles. The zero-order valence-corrected chi connectivity index (χ0v) is 12.5. The molecule has 20 heavy (non-hydrogen) atoms. The van der Waals surface area contributed by atoms with Crippen molar-refractivity contribution < 1.29 is 9.59 Å². The first kappa shape index (κ1) is 15.9. The standard InChI is InChI=1S/C14H21N3O3/c1-9-6-11(18)10(7-15-9)13(20)17(5)8-12(19)16-14(2,3)4/h6-7H,8H2,1-5H3,(H,15,18)(H,16,19). The quantitative estimate of drug-likeness (QED) is 0.853. The van der Waals surface area contributed by atoms with Crippen LogP contribution in [0.25, 0.3) is 0 Å². The molecule has 6 nitrogen and oxygen atoms in total. The van der Waals surface area contributed by atoms with Gasteiger partial charge in [0.15, 0.2) is 5.43 Å². The van der Waals surface area contributed by atoms with E-state index in [0.717, 1.165) is 0 Å². The Morgan fingerprint density at radius 1 is 1.35 bits per heavy atom. The van der Waals surface area contributed by atoms with Crippen molar-refractivity contribution in [3.63, 3.8) is 0 Å². The summed E-state index contributed by atoms with van der Waals surface area (Å²) < 4.78 is 0. The van der Waals surface area contributed by atoms with Crippen LogP contribution in [0.4, 0.5) is 0 Å². The lowest BCUT2D eigenvalue weighted by Gasteiger charge is -2.23. The lowest BCUT2D eigenvalue weighted by Crippen LogP contribution is -2.46. The van der Waals surface area contributed by atoms with E-state index in [1.807, 2.05) is 20.8 Å². The molecule has 0 spiro atoms. The van der Waals surface area contributed by atoms with Crippen molar-refractivity contribution in [2.45, 2.75) is 33.2 Å². The second kappa shape index (κ2) is 5.90. The van der Waals surface area contributed by atoms with Crippen LogP contribution in [0.2, 0.25) is 0 Å². The first-order chi connectivity index (χ1) is 9.10.